The van der Waals surface area contributed by atoms with Gasteiger partial charge in [0, 0.05) is 40.8 Å². The number of carbonyl (C=O) groups is 1. The number of benzene rings is 2. The fraction of sp³-hybridized carbons (Fsp3) is 0.238. The highest BCUT2D eigenvalue weighted by atomic mass is 16.4. The van der Waals surface area contributed by atoms with Crippen molar-refractivity contribution in [2.75, 3.05) is 14.1 Å². The van der Waals surface area contributed by atoms with Gasteiger partial charge in [-0.1, -0.05) is 12.1 Å². The van der Waals surface area contributed by atoms with E-state index in [1.54, 1.807) is 38.2 Å². The Bertz CT molecular complexity index is 1040. The number of phenolic OH excluding ortho intramolecular Hbond substituents is 1. The Balaban J connectivity index is 1.82. The van der Waals surface area contributed by atoms with Crippen LogP contribution in [0.25, 0.3) is 11.0 Å². The summed E-state index contributed by atoms with van der Waals surface area (Å²) in [7, 11) is 3.65. The van der Waals surface area contributed by atoms with Gasteiger partial charge < -0.3 is 19.7 Å². The second-order valence-corrected chi connectivity index (χ2v) is 6.76. The van der Waals surface area contributed by atoms with Crippen molar-refractivity contribution < 1.29 is 19.2 Å². The monoisotopic (exact) mass is 367 g/mol. The zero-order valence-electron chi connectivity index (χ0n) is 15.6. The van der Waals surface area contributed by atoms with Crippen molar-refractivity contribution in [1.82, 2.24) is 5.32 Å². The molecule has 0 bridgehead atoms. The number of hydrogen-bond acceptors (Lipinski definition) is 4. The van der Waals surface area contributed by atoms with E-state index in [1.807, 2.05) is 19.2 Å². The number of hydrogen-bond donors (Lipinski definition) is 3. The van der Waals surface area contributed by atoms with Crippen LogP contribution in [0.5, 0.6) is 5.75 Å². The third-order valence-electron chi connectivity index (χ3n) is 4.66. The average molecular weight is 367 g/mol. The fourth-order valence-corrected chi connectivity index (χ4v) is 3.22. The minimum Gasteiger partial charge on any atom is -0.508 e. The molecule has 3 N–H and O–H groups in total. The largest absolute Gasteiger partial charge is 0.508 e. The molecule has 1 aromatic heterocycles. The van der Waals surface area contributed by atoms with E-state index in [0.29, 0.717) is 23.3 Å². The summed E-state index contributed by atoms with van der Waals surface area (Å²) in [5, 5.41) is 13.3. The van der Waals surface area contributed by atoms with Crippen LogP contribution in [-0.4, -0.2) is 25.1 Å². The first kappa shape index (κ1) is 18.7. The van der Waals surface area contributed by atoms with Crippen LogP contribution in [0.4, 0.5) is 0 Å². The quantitative estimate of drug-likeness (QED) is 0.595. The molecule has 1 amide bonds. The molecular weight excluding hydrogens is 344 g/mol. The molecule has 6 heteroatoms. The van der Waals surface area contributed by atoms with Crippen LogP contribution in [0.15, 0.2) is 51.7 Å². The molecule has 0 spiro atoms. The number of amides is 1. The van der Waals surface area contributed by atoms with Gasteiger partial charge in [-0.25, -0.2) is 4.79 Å². The normalized spacial score (nSPS) is 12.1. The number of aryl methyl sites for hydroxylation is 1. The second-order valence-electron chi connectivity index (χ2n) is 6.76. The maximum atomic E-state index is 11.9. The molecule has 1 heterocycles. The molecular formula is C21H23N2O4+. The Labute approximate surface area is 157 Å². The average Bonchev–Trinajstić information content (AvgIpc) is 2.65. The van der Waals surface area contributed by atoms with E-state index < -0.39 is 5.63 Å². The van der Waals surface area contributed by atoms with Crippen LogP contribution in [0.1, 0.15) is 27.0 Å². The van der Waals surface area contributed by atoms with Crippen LogP contribution in [0.3, 0.4) is 0 Å². The molecule has 0 aliphatic heterocycles. The van der Waals surface area contributed by atoms with E-state index in [0.717, 1.165) is 23.1 Å². The van der Waals surface area contributed by atoms with Crippen molar-refractivity contribution in [3.05, 3.63) is 75.1 Å². The number of phenols is 1. The second kappa shape index (κ2) is 7.63. The van der Waals surface area contributed by atoms with Gasteiger partial charge in [0.25, 0.3) is 5.91 Å². The van der Waals surface area contributed by atoms with Gasteiger partial charge in [-0.2, -0.15) is 0 Å². The van der Waals surface area contributed by atoms with Gasteiger partial charge in [-0.15, -0.1) is 0 Å². The van der Waals surface area contributed by atoms with Crippen LogP contribution >= 0.6 is 0 Å². The molecule has 1 atom stereocenters. The van der Waals surface area contributed by atoms with E-state index in [4.69, 9.17) is 4.42 Å². The predicted molar refractivity (Wildman–Crippen MR) is 103 cm³/mol. The SMILES string of the molecule is CNC(=O)c1ccc(C[NH+](C)Cc2cc(=O)oc3c(C)c(O)ccc23)cc1. The smallest absolute Gasteiger partial charge is 0.336 e. The summed E-state index contributed by atoms with van der Waals surface area (Å²) in [5.74, 6) is 0.00284. The zero-order valence-corrected chi connectivity index (χ0v) is 15.6. The zero-order chi connectivity index (χ0) is 19.6. The lowest BCUT2D eigenvalue weighted by Crippen LogP contribution is -3.06. The Morgan fingerprint density at radius 3 is 2.52 bits per heavy atom. The summed E-state index contributed by atoms with van der Waals surface area (Å²) in [6.45, 7) is 3.10. The number of aromatic hydroxyl groups is 1. The number of quaternary nitrogens is 1. The van der Waals surface area contributed by atoms with Gasteiger partial charge in [0.2, 0.25) is 0 Å². The Morgan fingerprint density at radius 2 is 1.85 bits per heavy atom. The lowest BCUT2D eigenvalue weighted by molar-refractivity contribution is -0.907. The van der Waals surface area contributed by atoms with Crippen LogP contribution in [0.2, 0.25) is 0 Å². The van der Waals surface area contributed by atoms with Gasteiger partial charge in [-0.05, 0) is 31.2 Å². The summed E-state index contributed by atoms with van der Waals surface area (Å²) in [6.07, 6.45) is 0. The van der Waals surface area contributed by atoms with E-state index in [1.165, 1.54) is 11.0 Å². The molecule has 1 unspecified atom stereocenters. The molecule has 0 radical (unpaired) electrons. The highest BCUT2D eigenvalue weighted by Gasteiger charge is 2.14. The minimum atomic E-state index is -0.422. The standard InChI is InChI=1S/C21H22N2O4/c1-13-18(24)9-8-17-16(10-19(25)27-20(13)17)12-23(3)11-14-4-6-15(7-5-14)21(26)22-2/h4-10,24H,11-12H2,1-3H3,(H,22,26)/p+1. The van der Waals surface area contributed by atoms with Crippen LogP contribution in [-0.2, 0) is 13.1 Å². The summed E-state index contributed by atoms with van der Waals surface area (Å²) in [6, 6.07) is 12.4. The molecule has 27 heavy (non-hydrogen) atoms. The molecule has 2 aromatic carbocycles. The van der Waals surface area contributed by atoms with Crippen LogP contribution < -0.4 is 15.8 Å². The summed E-state index contributed by atoms with van der Waals surface area (Å²) in [4.78, 5) is 24.7. The highest BCUT2D eigenvalue weighted by molar-refractivity contribution is 5.93. The van der Waals surface area contributed by atoms with Crippen molar-refractivity contribution in [2.24, 2.45) is 0 Å². The van der Waals surface area contributed by atoms with Gasteiger partial charge in [-0.3, -0.25) is 4.79 Å². The van der Waals surface area contributed by atoms with E-state index in [9.17, 15) is 14.7 Å². The third kappa shape index (κ3) is 4.01. The third-order valence-corrected chi connectivity index (χ3v) is 4.66. The molecule has 3 rings (SSSR count). The molecule has 0 saturated carbocycles. The first-order valence-electron chi connectivity index (χ1n) is 8.76. The number of rotatable bonds is 5. The van der Waals surface area contributed by atoms with Crippen molar-refractivity contribution in [1.29, 1.82) is 0 Å². The molecule has 3 aromatic rings. The van der Waals surface area contributed by atoms with Crippen molar-refractivity contribution in [2.45, 2.75) is 20.0 Å². The van der Waals surface area contributed by atoms with E-state index >= 15 is 0 Å². The molecule has 140 valence electrons. The van der Waals surface area contributed by atoms with Gasteiger partial charge in [0.05, 0.1) is 7.05 Å². The van der Waals surface area contributed by atoms with Gasteiger partial charge >= 0.3 is 5.63 Å². The molecule has 6 nitrogen and oxygen atoms in total. The topological polar surface area (TPSA) is 84.0 Å². The first-order chi connectivity index (χ1) is 12.9. The highest BCUT2D eigenvalue weighted by Crippen LogP contribution is 2.27. The van der Waals surface area contributed by atoms with E-state index in [-0.39, 0.29) is 11.7 Å². The Kier molecular flexibility index (Phi) is 5.28. The first-order valence-corrected chi connectivity index (χ1v) is 8.76. The fourth-order valence-electron chi connectivity index (χ4n) is 3.22. The number of nitrogens with one attached hydrogen (secondary N) is 2. The maximum Gasteiger partial charge on any atom is 0.336 e. The lowest BCUT2D eigenvalue weighted by Gasteiger charge is -2.16. The van der Waals surface area contributed by atoms with Crippen LogP contribution in [0, 0.1) is 6.92 Å². The Morgan fingerprint density at radius 1 is 1.15 bits per heavy atom. The van der Waals surface area contributed by atoms with Gasteiger partial charge in [0.15, 0.2) is 0 Å². The summed E-state index contributed by atoms with van der Waals surface area (Å²) >= 11 is 0. The predicted octanol–water partition coefficient (Wildman–Crippen LogP) is 1.38. The summed E-state index contributed by atoms with van der Waals surface area (Å²) in [5.41, 5.74) is 3.17. The number of carbonyl (C=O) groups excluding carboxylic acids is 1. The van der Waals surface area contributed by atoms with E-state index in [2.05, 4.69) is 5.32 Å². The molecule has 0 fully saturated rings. The van der Waals surface area contributed by atoms with Gasteiger partial charge in [0.1, 0.15) is 24.4 Å². The molecule has 0 saturated heterocycles. The lowest BCUT2D eigenvalue weighted by atomic mass is 10.1. The summed E-state index contributed by atoms with van der Waals surface area (Å²) < 4.78 is 5.30. The van der Waals surface area contributed by atoms with Crippen molar-refractivity contribution in [3.63, 3.8) is 0 Å². The molecule has 0 aliphatic carbocycles. The Hall–Kier alpha value is -3.12. The minimum absolute atomic E-state index is 0.108. The number of fused-ring (bicyclic) bond motifs is 1. The molecule has 0 aliphatic rings. The van der Waals surface area contributed by atoms with Crippen molar-refractivity contribution >= 4 is 16.9 Å². The maximum absolute atomic E-state index is 11.9. The van der Waals surface area contributed by atoms with Crippen molar-refractivity contribution in [3.8, 4) is 5.75 Å².